The Morgan fingerprint density at radius 1 is 0.885 bits per heavy atom. The number of benzene rings is 2. The fourth-order valence-corrected chi connectivity index (χ4v) is 3.26. The third kappa shape index (κ3) is 3.47. The molecule has 2 aromatic carbocycles. The number of hydrogen-bond acceptors (Lipinski definition) is 2. The normalized spacial score (nSPS) is 15.7. The van der Waals surface area contributed by atoms with Gasteiger partial charge < -0.3 is 0 Å². The Kier molecular flexibility index (Phi) is 4.69. The van der Waals surface area contributed by atoms with Crippen molar-refractivity contribution < 1.29 is 4.39 Å². The number of rotatable bonds is 3. The lowest BCUT2D eigenvalue weighted by Crippen LogP contribution is -2.11. The maximum Gasteiger partial charge on any atom is 0.131 e. The van der Waals surface area contributed by atoms with E-state index in [0.717, 1.165) is 41.8 Å². The minimum atomic E-state index is -0.197. The van der Waals surface area contributed by atoms with Crippen LogP contribution >= 0.6 is 0 Å². The number of nitrogens with zero attached hydrogens (tertiary/aromatic N) is 2. The van der Waals surface area contributed by atoms with E-state index in [1.807, 2.05) is 48.7 Å². The lowest BCUT2D eigenvalue weighted by atomic mass is 9.94. The number of allylic oxidation sites excluding steroid dienone is 1. The summed E-state index contributed by atoms with van der Waals surface area (Å²) in [7, 11) is 0. The van der Waals surface area contributed by atoms with Crippen LogP contribution in [0.1, 0.15) is 24.0 Å². The fourth-order valence-electron chi connectivity index (χ4n) is 3.26. The molecule has 1 aromatic heterocycles. The van der Waals surface area contributed by atoms with Gasteiger partial charge in [-0.05, 0) is 53.8 Å². The zero-order valence-electron chi connectivity index (χ0n) is 14.4. The summed E-state index contributed by atoms with van der Waals surface area (Å²) in [6.45, 7) is 0.855. The maximum atomic E-state index is 14.0. The average Bonchev–Trinajstić information content (AvgIpc) is 2.70. The number of halogens is 1. The minimum Gasteiger partial charge on any atom is -0.284 e. The molecule has 26 heavy (non-hydrogen) atoms. The molecule has 128 valence electrons. The van der Waals surface area contributed by atoms with Crippen LogP contribution in [0.15, 0.2) is 83.6 Å². The Labute approximate surface area is 152 Å². The van der Waals surface area contributed by atoms with Crippen molar-refractivity contribution in [3.8, 4) is 11.1 Å². The Balaban J connectivity index is 1.64. The van der Waals surface area contributed by atoms with Gasteiger partial charge in [0.2, 0.25) is 0 Å². The van der Waals surface area contributed by atoms with E-state index in [1.54, 1.807) is 18.3 Å². The SMILES string of the molecule is Fc1ccccc1-c1ccc(/C=C2/CCCN=C2c2cccnc2)cc1. The molecule has 0 fully saturated rings. The first-order valence-corrected chi connectivity index (χ1v) is 8.82. The van der Waals surface area contributed by atoms with Gasteiger partial charge in [-0.25, -0.2) is 4.39 Å². The van der Waals surface area contributed by atoms with Gasteiger partial charge in [0.05, 0.1) is 5.71 Å². The smallest absolute Gasteiger partial charge is 0.131 e. The van der Waals surface area contributed by atoms with Gasteiger partial charge in [-0.3, -0.25) is 9.98 Å². The summed E-state index contributed by atoms with van der Waals surface area (Å²) in [5.74, 6) is -0.197. The highest BCUT2D eigenvalue weighted by molar-refractivity contribution is 6.15. The fraction of sp³-hybridized carbons (Fsp3) is 0.130. The molecule has 0 spiro atoms. The highest BCUT2D eigenvalue weighted by atomic mass is 19.1. The summed E-state index contributed by atoms with van der Waals surface area (Å²) < 4.78 is 14.0. The van der Waals surface area contributed by atoms with Crippen LogP contribution in [-0.4, -0.2) is 17.2 Å². The molecule has 4 rings (SSSR count). The quantitative estimate of drug-likeness (QED) is 0.612. The highest BCUT2D eigenvalue weighted by Gasteiger charge is 2.14. The molecular weight excluding hydrogens is 323 g/mol. The average molecular weight is 342 g/mol. The van der Waals surface area contributed by atoms with Gasteiger partial charge in [-0.2, -0.15) is 0 Å². The predicted octanol–water partition coefficient (Wildman–Crippen LogP) is 5.55. The second-order valence-corrected chi connectivity index (χ2v) is 6.35. The Morgan fingerprint density at radius 3 is 2.50 bits per heavy atom. The molecule has 0 radical (unpaired) electrons. The van der Waals surface area contributed by atoms with Crippen molar-refractivity contribution >= 4 is 11.8 Å². The van der Waals surface area contributed by atoms with E-state index in [9.17, 15) is 4.39 Å². The van der Waals surface area contributed by atoms with Gasteiger partial charge in [0.25, 0.3) is 0 Å². The molecule has 1 aliphatic heterocycles. The molecule has 0 unspecified atom stereocenters. The Hall–Kier alpha value is -3.07. The zero-order chi connectivity index (χ0) is 17.8. The molecule has 0 saturated heterocycles. The van der Waals surface area contributed by atoms with E-state index >= 15 is 0 Å². The van der Waals surface area contributed by atoms with E-state index < -0.39 is 0 Å². The lowest BCUT2D eigenvalue weighted by molar-refractivity contribution is 0.631. The van der Waals surface area contributed by atoms with Crippen LogP contribution in [0.25, 0.3) is 17.2 Å². The molecule has 0 bridgehead atoms. The van der Waals surface area contributed by atoms with Gasteiger partial charge in [0.1, 0.15) is 5.82 Å². The molecule has 1 aliphatic rings. The van der Waals surface area contributed by atoms with E-state index in [4.69, 9.17) is 4.99 Å². The summed E-state index contributed by atoms with van der Waals surface area (Å²) in [6, 6.07) is 18.8. The molecule has 0 aliphatic carbocycles. The minimum absolute atomic E-state index is 0.197. The molecule has 0 atom stereocenters. The Morgan fingerprint density at radius 2 is 1.73 bits per heavy atom. The molecule has 0 amide bonds. The van der Waals surface area contributed by atoms with E-state index in [0.29, 0.717) is 5.56 Å². The van der Waals surface area contributed by atoms with Crippen LogP contribution in [-0.2, 0) is 0 Å². The Bertz CT molecular complexity index is 957. The van der Waals surface area contributed by atoms with Crippen molar-refractivity contribution in [3.63, 3.8) is 0 Å². The summed E-state index contributed by atoms with van der Waals surface area (Å²) in [6.07, 6.45) is 7.87. The van der Waals surface area contributed by atoms with Gasteiger partial charge >= 0.3 is 0 Å². The first kappa shape index (κ1) is 16.4. The number of aliphatic imine (C=N–C) groups is 1. The van der Waals surface area contributed by atoms with E-state index in [-0.39, 0.29) is 5.82 Å². The van der Waals surface area contributed by atoms with E-state index in [2.05, 4.69) is 11.1 Å². The van der Waals surface area contributed by atoms with Gasteiger partial charge in [-0.15, -0.1) is 0 Å². The number of pyridine rings is 1. The molecule has 3 heteroatoms. The molecule has 2 nitrogen and oxygen atoms in total. The first-order valence-electron chi connectivity index (χ1n) is 8.82. The summed E-state index contributed by atoms with van der Waals surface area (Å²) >= 11 is 0. The third-order valence-electron chi connectivity index (χ3n) is 4.55. The largest absolute Gasteiger partial charge is 0.284 e. The predicted molar refractivity (Wildman–Crippen MR) is 105 cm³/mol. The van der Waals surface area contributed by atoms with Crippen LogP contribution in [0, 0.1) is 5.82 Å². The van der Waals surface area contributed by atoms with Crippen LogP contribution in [0.3, 0.4) is 0 Å². The second-order valence-electron chi connectivity index (χ2n) is 6.35. The number of aromatic nitrogens is 1. The topological polar surface area (TPSA) is 25.2 Å². The van der Waals surface area contributed by atoms with Crippen LogP contribution < -0.4 is 0 Å². The zero-order valence-corrected chi connectivity index (χ0v) is 14.4. The third-order valence-corrected chi connectivity index (χ3v) is 4.55. The van der Waals surface area contributed by atoms with Crippen LogP contribution in [0.2, 0.25) is 0 Å². The van der Waals surface area contributed by atoms with Crippen molar-refractivity contribution in [1.82, 2.24) is 4.98 Å². The molecular formula is C23H19FN2. The molecule has 2 heterocycles. The lowest BCUT2D eigenvalue weighted by Gasteiger charge is -2.16. The van der Waals surface area contributed by atoms with Crippen molar-refractivity contribution in [1.29, 1.82) is 0 Å². The first-order chi connectivity index (χ1) is 12.8. The summed E-state index contributed by atoms with van der Waals surface area (Å²) in [5, 5.41) is 0. The van der Waals surface area contributed by atoms with E-state index in [1.165, 1.54) is 11.6 Å². The molecule has 3 aromatic rings. The van der Waals surface area contributed by atoms with Crippen molar-refractivity contribution in [3.05, 3.63) is 95.6 Å². The molecule has 0 saturated carbocycles. The van der Waals surface area contributed by atoms with Crippen molar-refractivity contribution in [2.75, 3.05) is 6.54 Å². The molecule has 0 N–H and O–H groups in total. The van der Waals surface area contributed by atoms with Gasteiger partial charge in [-0.1, -0.05) is 42.5 Å². The van der Waals surface area contributed by atoms with Crippen molar-refractivity contribution in [2.45, 2.75) is 12.8 Å². The van der Waals surface area contributed by atoms with Crippen LogP contribution in [0.4, 0.5) is 4.39 Å². The summed E-state index contributed by atoms with van der Waals surface area (Å²) in [5.41, 5.74) is 5.92. The second kappa shape index (κ2) is 7.44. The maximum absolute atomic E-state index is 14.0. The highest BCUT2D eigenvalue weighted by Crippen LogP contribution is 2.25. The standard InChI is InChI=1S/C23H19FN2/c24-22-8-2-1-7-21(22)18-11-9-17(10-12-18)15-19-5-4-14-26-23(19)20-6-3-13-25-16-20/h1-3,6-13,15-16H,4-5,14H2/b19-15-. The van der Waals surface area contributed by atoms with Crippen LogP contribution in [0.5, 0.6) is 0 Å². The number of hydrogen-bond donors (Lipinski definition) is 0. The summed E-state index contributed by atoms with van der Waals surface area (Å²) in [4.78, 5) is 8.92. The van der Waals surface area contributed by atoms with Gasteiger partial charge in [0.15, 0.2) is 0 Å². The van der Waals surface area contributed by atoms with Crippen molar-refractivity contribution in [2.24, 2.45) is 4.99 Å². The monoisotopic (exact) mass is 342 g/mol. The van der Waals surface area contributed by atoms with Gasteiger partial charge in [0, 0.05) is 30.1 Å².